The van der Waals surface area contributed by atoms with E-state index in [1.54, 1.807) is 18.2 Å². The van der Waals surface area contributed by atoms with Crippen molar-refractivity contribution in [2.75, 3.05) is 6.54 Å². The van der Waals surface area contributed by atoms with E-state index in [-0.39, 0.29) is 18.0 Å². The lowest BCUT2D eigenvalue weighted by Gasteiger charge is -2.14. The number of benzene rings is 1. The molecule has 0 spiro atoms. The van der Waals surface area contributed by atoms with Crippen LogP contribution in [0.3, 0.4) is 0 Å². The Kier molecular flexibility index (Phi) is 6.65. The van der Waals surface area contributed by atoms with Crippen LogP contribution in [-0.2, 0) is 9.59 Å². The Labute approximate surface area is 153 Å². The fraction of sp³-hybridized carbons (Fsp3) is 0.312. The van der Waals surface area contributed by atoms with Gasteiger partial charge in [0.1, 0.15) is 4.32 Å². The largest absolute Gasteiger partial charge is 0.550 e. The van der Waals surface area contributed by atoms with Gasteiger partial charge in [-0.3, -0.25) is 19.8 Å². The molecule has 9 heteroatoms. The number of amides is 1. The van der Waals surface area contributed by atoms with Crippen molar-refractivity contribution >= 4 is 51.9 Å². The van der Waals surface area contributed by atoms with Crippen LogP contribution in [0.2, 0.25) is 0 Å². The minimum absolute atomic E-state index is 0.00504. The molecule has 1 aromatic rings. The molecule has 0 atom stereocenters. The molecule has 0 radical (unpaired) electrons. The second-order valence-corrected chi connectivity index (χ2v) is 7.04. The number of thiocarbonyl (C=S) groups is 1. The van der Waals surface area contributed by atoms with Gasteiger partial charge in [0.2, 0.25) is 0 Å². The number of carboxylic acids is 1. The van der Waals surface area contributed by atoms with Gasteiger partial charge in [0.15, 0.2) is 0 Å². The molecular weight excluding hydrogens is 364 g/mol. The van der Waals surface area contributed by atoms with E-state index in [2.05, 4.69) is 0 Å². The lowest BCUT2D eigenvalue weighted by atomic mass is 10.1. The first-order valence-corrected chi connectivity index (χ1v) is 8.80. The second-order valence-electron chi connectivity index (χ2n) is 5.37. The van der Waals surface area contributed by atoms with Gasteiger partial charge in [-0.1, -0.05) is 42.5 Å². The lowest BCUT2D eigenvalue weighted by Crippen LogP contribution is -2.29. The van der Waals surface area contributed by atoms with Crippen LogP contribution >= 0.6 is 24.0 Å². The summed E-state index contributed by atoms with van der Waals surface area (Å²) in [4.78, 5) is 35.0. The second kappa shape index (κ2) is 8.72. The van der Waals surface area contributed by atoms with Gasteiger partial charge in [0.25, 0.3) is 11.6 Å². The maximum absolute atomic E-state index is 12.4. The van der Waals surface area contributed by atoms with E-state index in [1.807, 2.05) is 0 Å². The van der Waals surface area contributed by atoms with Crippen molar-refractivity contribution in [2.24, 2.45) is 0 Å². The van der Waals surface area contributed by atoms with Gasteiger partial charge in [-0.2, -0.15) is 0 Å². The number of hydrogen-bond acceptors (Lipinski definition) is 7. The first-order valence-electron chi connectivity index (χ1n) is 7.58. The average molecular weight is 379 g/mol. The number of rotatable bonds is 8. The number of nitro benzene ring substituents is 1. The van der Waals surface area contributed by atoms with Gasteiger partial charge in [-0.25, -0.2) is 0 Å². The highest BCUT2D eigenvalue weighted by atomic mass is 32.2. The summed E-state index contributed by atoms with van der Waals surface area (Å²) in [7, 11) is 0. The molecule has 0 aromatic heterocycles. The van der Waals surface area contributed by atoms with Gasteiger partial charge < -0.3 is 9.90 Å². The van der Waals surface area contributed by atoms with Crippen molar-refractivity contribution in [3.8, 4) is 0 Å². The number of aliphatic carboxylic acids is 1. The van der Waals surface area contributed by atoms with E-state index in [4.69, 9.17) is 12.2 Å². The number of thioether (sulfide) groups is 1. The third-order valence-corrected chi connectivity index (χ3v) is 4.89. The van der Waals surface area contributed by atoms with E-state index in [0.29, 0.717) is 40.6 Å². The van der Waals surface area contributed by atoms with Crippen LogP contribution < -0.4 is 5.11 Å². The molecule has 1 heterocycles. The molecule has 0 saturated carbocycles. The Morgan fingerprint density at radius 1 is 1.32 bits per heavy atom. The molecule has 7 nitrogen and oxygen atoms in total. The molecule has 0 N–H and O–H groups in total. The molecule has 1 fully saturated rings. The normalized spacial score (nSPS) is 15.8. The lowest BCUT2D eigenvalue weighted by molar-refractivity contribution is -0.384. The predicted molar refractivity (Wildman–Crippen MR) is 96.5 cm³/mol. The van der Waals surface area contributed by atoms with Crippen molar-refractivity contribution < 1.29 is 19.6 Å². The van der Waals surface area contributed by atoms with Crippen LogP contribution in [0.4, 0.5) is 5.69 Å². The van der Waals surface area contributed by atoms with Crippen molar-refractivity contribution in [3.05, 3.63) is 44.8 Å². The van der Waals surface area contributed by atoms with E-state index in [0.717, 1.165) is 11.8 Å². The molecule has 25 heavy (non-hydrogen) atoms. The van der Waals surface area contributed by atoms with Crippen LogP contribution in [0.1, 0.15) is 31.2 Å². The fourth-order valence-electron chi connectivity index (χ4n) is 2.29. The zero-order chi connectivity index (χ0) is 18.4. The van der Waals surface area contributed by atoms with Crippen molar-refractivity contribution in [1.29, 1.82) is 0 Å². The summed E-state index contributed by atoms with van der Waals surface area (Å²) in [6.45, 7) is 0.421. The van der Waals surface area contributed by atoms with Crippen LogP contribution in [-0.4, -0.2) is 32.6 Å². The number of carbonyl (C=O) groups is 2. The van der Waals surface area contributed by atoms with E-state index < -0.39 is 10.9 Å². The molecule has 132 valence electrons. The fourth-order valence-corrected chi connectivity index (χ4v) is 3.60. The molecule has 2 rings (SSSR count). The van der Waals surface area contributed by atoms with Crippen molar-refractivity contribution in [3.63, 3.8) is 0 Å². The summed E-state index contributed by atoms with van der Waals surface area (Å²) in [6, 6.07) is 6.02. The summed E-state index contributed by atoms with van der Waals surface area (Å²) in [5, 5.41) is 21.2. The zero-order valence-electron chi connectivity index (χ0n) is 13.2. The van der Waals surface area contributed by atoms with E-state index in [9.17, 15) is 24.8 Å². The maximum Gasteiger partial charge on any atom is 0.270 e. The highest BCUT2D eigenvalue weighted by Gasteiger charge is 2.31. The Morgan fingerprint density at radius 3 is 2.76 bits per heavy atom. The van der Waals surface area contributed by atoms with Gasteiger partial charge in [-0.05, 0) is 30.9 Å². The zero-order valence-corrected chi connectivity index (χ0v) is 14.8. The third-order valence-electron chi connectivity index (χ3n) is 3.52. The van der Waals surface area contributed by atoms with Gasteiger partial charge in [0, 0.05) is 24.6 Å². The number of unbranched alkanes of at least 4 members (excludes halogenated alkanes) is 2. The summed E-state index contributed by atoms with van der Waals surface area (Å²) in [5.74, 6) is -1.31. The van der Waals surface area contributed by atoms with Crippen LogP contribution in [0.5, 0.6) is 0 Å². The molecular formula is C16H15N2O5S2-. The third kappa shape index (κ3) is 5.36. The monoisotopic (exact) mass is 379 g/mol. The number of nitrogens with zero attached hydrogens (tertiary/aromatic N) is 2. The Balaban J connectivity index is 1.99. The van der Waals surface area contributed by atoms with Crippen molar-refractivity contribution in [1.82, 2.24) is 4.90 Å². The quantitative estimate of drug-likeness (QED) is 0.224. The SMILES string of the molecule is O=C([O-])CCCCCN1C(=O)C(=Cc2cccc([N+](=O)[O-])c2)SC1=S. The number of carbonyl (C=O) groups excluding carboxylic acids is 2. The summed E-state index contributed by atoms with van der Waals surface area (Å²) in [6.07, 6.45) is 3.40. The van der Waals surface area contributed by atoms with Crippen LogP contribution in [0.15, 0.2) is 29.2 Å². The van der Waals surface area contributed by atoms with Gasteiger partial charge in [0.05, 0.1) is 9.83 Å². The predicted octanol–water partition coefficient (Wildman–Crippen LogP) is 2.11. The number of hydrogen-bond donors (Lipinski definition) is 0. The molecule has 1 amide bonds. The molecule has 0 bridgehead atoms. The number of nitro groups is 1. The summed E-state index contributed by atoms with van der Waals surface area (Å²) < 4.78 is 0.432. The number of carboxylic acid groups (broad SMARTS) is 1. The topological polar surface area (TPSA) is 104 Å². The summed E-state index contributed by atoms with van der Waals surface area (Å²) in [5.41, 5.74) is 0.515. The maximum atomic E-state index is 12.4. The first-order chi connectivity index (χ1) is 11.9. The highest BCUT2D eigenvalue weighted by molar-refractivity contribution is 8.26. The number of non-ortho nitro benzene ring substituents is 1. The van der Waals surface area contributed by atoms with E-state index >= 15 is 0 Å². The molecule has 0 aliphatic carbocycles. The minimum Gasteiger partial charge on any atom is -0.550 e. The van der Waals surface area contributed by atoms with Gasteiger partial charge >= 0.3 is 0 Å². The Bertz CT molecular complexity index is 748. The van der Waals surface area contributed by atoms with Gasteiger partial charge in [-0.15, -0.1) is 0 Å². The highest BCUT2D eigenvalue weighted by Crippen LogP contribution is 2.33. The molecule has 1 aliphatic heterocycles. The average Bonchev–Trinajstić information content (AvgIpc) is 2.81. The standard InChI is InChI=1S/C16H16N2O5S2/c19-14(20)7-2-1-3-8-17-15(21)13(25-16(17)24)10-11-5-4-6-12(9-11)18(22)23/h4-6,9-10H,1-3,7-8H2,(H,19,20)/p-1. The Morgan fingerprint density at radius 2 is 2.08 bits per heavy atom. The molecule has 1 aliphatic rings. The minimum atomic E-state index is -1.08. The molecule has 1 saturated heterocycles. The van der Waals surface area contributed by atoms with Crippen LogP contribution in [0.25, 0.3) is 6.08 Å². The molecule has 1 aromatic carbocycles. The smallest absolute Gasteiger partial charge is 0.270 e. The first kappa shape index (κ1) is 19.1. The summed E-state index contributed by atoms with van der Waals surface area (Å²) >= 11 is 6.37. The van der Waals surface area contributed by atoms with Crippen LogP contribution in [0, 0.1) is 10.1 Å². The van der Waals surface area contributed by atoms with E-state index in [1.165, 1.54) is 17.0 Å². The van der Waals surface area contributed by atoms with Crippen molar-refractivity contribution in [2.45, 2.75) is 25.7 Å². The Hall–Kier alpha value is -2.26. The molecule has 0 unspecified atom stereocenters.